The van der Waals surface area contributed by atoms with Crippen molar-refractivity contribution in [2.45, 2.75) is 58.1 Å². The monoisotopic (exact) mass is 404 g/mol. The highest BCUT2D eigenvalue weighted by molar-refractivity contribution is 5.44. The second kappa shape index (κ2) is 7.69. The number of hydrogen-bond donors (Lipinski definition) is 1. The second-order valence-electron chi connectivity index (χ2n) is 10.6. The van der Waals surface area contributed by atoms with E-state index in [0.717, 1.165) is 30.4 Å². The Bertz CT molecular complexity index is 903. The molecule has 2 aromatic rings. The van der Waals surface area contributed by atoms with Gasteiger partial charge in [-0.2, -0.15) is 0 Å². The second-order valence-corrected chi connectivity index (χ2v) is 10.6. The summed E-state index contributed by atoms with van der Waals surface area (Å²) in [5.41, 5.74) is 5.62. The zero-order chi connectivity index (χ0) is 20.9. The number of aryl methyl sites for hydroxylation is 1. The predicted molar refractivity (Wildman–Crippen MR) is 123 cm³/mol. The van der Waals surface area contributed by atoms with Gasteiger partial charge in [0.2, 0.25) is 0 Å². The van der Waals surface area contributed by atoms with Gasteiger partial charge in [-0.3, -0.25) is 4.90 Å². The van der Waals surface area contributed by atoms with Crippen LogP contribution in [-0.2, 0) is 18.3 Å². The van der Waals surface area contributed by atoms with Crippen molar-refractivity contribution in [3.8, 4) is 5.75 Å². The van der Waals surface area contributed by atoms with Gasteiger partial charge in [-0.15, -0.1) is 0 Å². The van der Waals surface area contributed by atoms with Gasteiger partial charge in [0.25, 0.3) is 0 Å². The van der Waals surface area contributed by atoms with E-state index < -0.39 is 0 Å². The predicted octanol–water partition coefficient (Wildman–Crippen LogP) is 4.74. The summed E-state index contributed by atoms with van der Waals surface area (Å²) in [4.78, 5) is 2.73. The SMILES string of the molecule is CCc1ccc(OC2c3ccccc3CC2N2CC3CNCC3C2)c(C(C)(C)C)c1. The van der Waals surface area contributed by atoms with Gasteiger partial charge >= 0.3 is 0 Å². The summed E-state index contributed by atoms with van der Waals surface area (Å²) in [5, 5.41) is 3.58. The maximum absolute atomic E-state index is 6.95. The van der Waals surface area contributed by atoms with Crippen molar-refractivity contribution in [1.29, 1.82) is 0 Å². The number of fused-ring (bicyclic) bond motifs is 2. The van der Waals surface area contributed by atoms with E-state index >= 15 is 0 Å². The van der Waals surface area contributed by atoms with Crippen LogP contribution in [0.2, 0.25) is 0 Å². The van der Waals surface area contributed by atoms with Gasteiger partial charge in [0.05, 0.1) is 6.04 Å². The molecule has 2 heterocycles. The average Bonchev–Trinajstić information content (AvgIpc) is 3.41. The number of hydrogen-bond acceptors (Lipinski definition) is 3. The topological polar surface area (TPSA) is 24.5 Å². The van der Waals surface area contributed by atoms with E-state index in [1.54, 1.807) is 0 Å². The molecule has 0 saturated carbocycles. The summed E-state index contributed by atoms with van der Waals surface area (Å²) in [6, 6.07) is 16.2. The van der Waals surface area contributed by atoms with Crippen LogP contribution in [0.4, 0.5) is 0 Å². The molecule has 2 aromatic carbocycles. The minimum Gasteiger partial charge on any atom is -0.484 e. The first-order valence-electron chi connectivity index (χ1n) is 11.8. The number of nitrogens with zero attached hydrogens (tertiary/aromatic N) is 1. The summed E-state index contributed by atoms with van der Waals surface area (Å²) in [5.74, 6) is 2.68. The maximum Gasteiger partial charge on any atom is 0.140 e. The third-order valence-corrected chi connectivity index (χ3v) is 7.54. The van der Waals surface area contributed by atoms with E-state index in [1.165, 1.54) is 48.4 Å². The summed E-state index contributed by atoms with van der Waals surface area (Å²) in [7, 11) is 0. The molecule has 160 valence electrons. The van der Waals surface area contributed by atoms with E-state index in [2.05, 4.69) is 80.4 Å². The van der Waals surface area contributed by atoms with Crippen molar-refractivity contribution < 1.29 is 4.74 Å². The first kappa shape index (κ1) is 20.1. The normalized spacial score (nSPS) is 28.5. The van der Waals surface area contributed by atoms with Crippen LogP contribution in [0.15, 0.2) is 42.5 Å². The number of rotatable bonds is 4. The third kappa shape index (κ3) is 3.56. The number of nitrogens with one attached hydrogen (secondary N) is 1. The first-order valence-corrected chi connectivity index (χ1v) is 11.8. The highest BCUT2D eigenvalue weighted by atomic mass is 16.5. The molecule has 5 rings (SSSR count). The van der Waals surface area contributed by atoms with Crippen LogP contribution in [0.5, 0.6) is 5.75 Å². The molecule has 3 aliphatic rings. The van der Waals surface area contributed by atoms with Gasteiger partial charge in [-0.25, -0.2) is 0 Å². The lowest BCUT2D eigenvalue weighted by molar-refractivity contribution is 0.0874. The molecule has 2 aliphatic heterocycles. The van der Waals surface area contributed by atoms with Crippen molar-refractivity contribution in [2.24, 2.45) is 11.8 Å². The van der Waals surface area contributed by atoms with Gasteiger partial charge in [0.15, 0.2) is 0 Å². The van der Waals surface area contributed by atoms with E-state index in [9.17, 15) is 0 Å². The quantitative estimate of drug-likeness (QED) is 0.796. The summed E-state index contributed by atoms with van der Waals surface area (Å²) < 4.78 is 6.95. The Kier molecular flexibility index (Phi) is 5.15. The van der Waals surface area contributed by atoms with Crippen LogP contribution >= 0.6 is 0 Å². The van der Waals surface area contributed by atoms with E-state index in [0.29, 0.717) is 6.04 Å². The Morgan fingerprint density at radius 3 is 2.47 bits per heavy atom. The minimum absolute atomic E-state index is 0.0600. The molecular weight excluding hydrogens is 368 g/mol. The largest absolute Gasteiger partial charge is 0.484 e. The fraction of sp³-hybridized carbons (Fsp3) is 0.556. The van der Waals surface area contributed by atoms with Gasteiger partial charge in [0, 0.05) is 13.1 Å². The van der Waals surface area contributed by atoms with Crippen molar-refractivity contribution in [3.05, 3.63) is 64.7 Å². The molecule has 1 aliphatic carbocycles. The molecule has 2 saturated heterocycles. The molecule has 0 amide bonds. The lowest BCUT2D eigenvalue weighted by Gasteiger charge is -2.33. The van der Waals surface area contributed by atoms with E-state index in [-0.39, 0.29) is 11.5 Å². The molecule has 2 fully saturated rings. The number of likely N-dealkylation sites (tertiary alicyclic amines) is 1. The fourth-order valence-electron chi connectivity index (χ4n) is 5.79. The zero-order valence-electron chi connectivity index (χ0n) is 18.9. The van der Waals surface area contributed by atoms with Crippen LogP contribution in [0.25, 0.3) is 0 Å². The summed E-state index contributed by atoms with van der Waals surface area (Å²) >= 11 is 0. The zero-order valence-corrected chi connectivity index (χ0v) is 18.9. The van der Waals surface area contributed by atoms with Crippen LogP contribution in [0.1, 0.15) is 56.1 Å². The van der Waals surface area contributed by atoms with Crippen LogP contribution < -0.4 is 10.1 Å². The van der Waals surface area contributed by atoms with Gasteiger partial charge in [0.1, 0.15) is 11.9 Å². The standard InChI is InChI=1S/C27H36N2O/c1-5-18-10-11-25(23(12-18)27(2,3)4)30-26-22-9-7-6-8-19(22)13-24(26)29-16-20-14-28-15-21(20)17-29/h6-12,20-21,24,26,28H,5,13-17H2,1-4H3. The molecule has 0 radical (unpaired) electrons. The Morgan fingerprint density at radius 2 is 1.77 bits per heavy atom. The van der Waals surface area contributed by atoms with Gasteiger partial charge in [-0.05, 0) is 71.5 Å². The smallest absolute Gasteiger partial charge is 0.140 e. The van der Waals surface area contributed by atoms with Gasteiger partial charge < -0.3 is 10.1 Å². The average molecular weight is 405 g/mol. The number of benzene rings is 2. The van der Waals surface area contributed by atoms with Crippen LogP contribution in [0.3, 0.4) is 0 Å². The fourth-order valence-corrected chi connectivity index (χ4v) is 5.79. The third-order valence-electron chi connectivity index (χ3n) is 7.54. The Balaban J connectivity index is 1.48. The molecule has 3 heteroatoms. The van der Waals surface area contributed by atoms with Crippen molar-refractivity contribution in [2.75, 3.05) is 26.2 Å². The molecule has 4 atom stereocenters. The Labute approximate surface area is 181 Å². The lowest BCUT2D eigenvalue weighted by atomic mass is 9.85. The first-order chi connectivity index (χ1) is 14.4. The van der Waals surface area contributed by atoms with E-state index in [1.807, 2.05) is 0 Å². The van der Waals surface area contributed by atoms with E-state index in [4.69, 9.17) is 4.74 Å². The molecule has 1 N–H and O–H groups in total. The highest BCUT2D eigenvalue weighted by Gasteiger charge is 2.45. The Hall–Kier alpha value is -1.84. The summed E-state index contributed by atoms with van der Waals surface area (Å²) in [6.45, 7) is 13.9. The summed E-state index contributed by atoms with van der Waals surface area (Å²) in [6.07, 6.45) is 2.27. The molecule has 0 aromatic heterocycles. The minimum atomic E-state index is 0.0600. The molecule has 0 bridgehead atoms. The molecule has 30 heavy (non-hydrogen) atoms. The highest BCUT2D eigenvalue weighted by Crippen LogP contribution is 2.43. The van der Waals surface area contributed by atoms with Crippen LogP contribution in [0, 0.1) is 11.8 Å². The van der Waals surface area contributed by atoms with Gasteiger partial charge in [-0.1, -0.05) is 64.1 Å². The van der Waals surface area contributed by atoms with Crippen molar-refractivity contribution >= 4 is 0 Å². The molecule has 0 spiro atoms. The van der Waals surface area contributed by atoms with Crippen molar-refractivity contribution in [3.63, 3.8) is 0 Å². The molecule has 3 nitrogen and oxygen atoms in total. The van der Waals surface area contributed by atoms with Crippen molar-refractivity contribution in [1.82, 2.24) is 10.2 Å². The van der Waals surface area contributed by atoms with Crippen LogP contribution in [-0.4, -0.2) is 37.1 Å². The molecular formula is C27H36N2O. The maximum atomic E-state index is 6.95. The Morgan fingerprint density at radius 1 is 1.03 bits per heavy atom. The lowest BCUT2D eigenvalue weighted by Crippen LogP contribution is -2.40. The molecule has 4 unspecified atom stereocenters. The number of ether oxygens (including phenoxy) is 1.